The smallest absolute Gasteiger partial charge is 0.188 e. The molecule has 1 unspecified atom stereocenters. The van der Waals surface area contributed by atoms with Crippen molar-refractivity contribution in [3.63, 3.8) is 0 Å². The van der Waals surface area contributed by atoms with Crippen LogP contribution in [0.4, 0.5) is 0 Å². The fourth-order valence-corrected chi connectivity index (χ4v) is 1.33. The molecule has 0 aromatic heterocycles. The summed E-state index contributed by atoms with van der Waals surface area (Å²) in [4.78, 5) is 0.637. The van der Waals surface area contributed by atoms with Crippen molar-refractivity contribution in [2.24, 2.45) is 0 Å². The number of methoxy groups -OCH3 is 1. The monoisotopic (exact) mass is 186 g/mol. The molecule has 0 aliphatic heterocycles. The molecule has 4 heteroatoms. The van der Waals surface area contributed by atoms with E-state index < -0.39 is 11.1 Å². The maximum absolute atomic E-state index is 11.1. The van der Waals surface area contributed by atoms with Crippen LogP contribution in [0.5, 0.6) is 5.75 Å². The van der Waals surface area contributed by atoms with E-state index in [4.69, 9.17) is 4.74 Å². The van der Waals surface area contributed by atoms with Gasteiger partial charge in [0.15, 0.2) is 11.1 Å². The van der Waals surface area contributed by atoms with Crippen LogP contribution in [0.2, 0.25) is 0 Å². The lowest BCUT2D eigenvalue weighted by atomic mass is 10.3. The van der Waals surface area contributed by atoms with E-state index in [0.717, 1.165) is 5.75 Å². The minimum absolute atomic E-state index is 0.637. The lowest BCUT2D eigenvalue weighted by Gasteiger charge is -2.00. The molecule has 66 valence electrons. The predicted octanol–water partition coefficient (Wildman–Crippen LogP) is 1.36. The van der Waals surface area contributed by atoms with Crippen molar-refractivity contribution in [1.82, 2.24) is 0 Å². The highest BCUT2D eigenvalue weighted by molar-refractivity contribution is 7.80. The van der Waals surface area contributed by atoms with Gasteiger partial charge < -0.3 is 4.74 Å². The number of hydrogen-bond acceptors (Lipinski definition) is 3. The summed E-state index contributed by atoms with van der Waals surface area (Å²) in [6.45, 7) is 0. The van der Waals surface area contributed by atoms with E-state index in [0.29, 0.717) is 4.90 Å². The Kier molecular flexibility index (Phi) is 3.25. The van der Waals surface area contributed by atoms with E-state index in [1.165, 1.54) is 7.11 Å². The average Bonchev–Trinajstić information content (AvgIpc) is 2.17. The quantitative estimate of drug-likeness (QED) is 0.715. The van der Waals surface area contributed by atoms with E-state index in [1.807, 2.05) is 0 Å². The first kappa shape index (κ1) is 9.22. The number of hydrogen-bond donors (Lipinski definition) is 0. The average molecular weight is 186 g/mol. The normalized spacial score (nSPS) is 12.5. The van der Waals surface area contributed by atoms with E-state index in [9.17, 15) is 4.21 Å². The maximum atomic E-state index is 11.1. The minimum Gasteiger partial charge on any atom is -0.497 e. The van der Waals surface area contributed by atoms with Crippen LogP contribution >= 0.6 is 0 Å². The van der Waals surface area contributed by atoms with Gasteiger partial charge in [0.1, 0.15) is 5.75 Å². The molecule has 0 spiro atoms. The van der Waals surface area contributed by atoms with Crippen molar-refractivity contribution in [3.8, 4) is 5.75 Å². The van der Waals surface area contributed by atoms with E-state index in [2.05, 4.69) is 4.18 Å². The molecule has 0 aliphatic carbocycles. The highest BCUT2D eigenvalue weighted by Gasteiger charge is 2.00. The third-order valence-corrected chi connectivity index (χ3v) is 2.36. The van der Waals surface area contributed by atoms with E-state index in [1.54, 1.807) is 31.4 Å². The van der Waals surface area contributed by atoms with Gasteiger partial charge in [-0.25, -0.2) is 4.21 Å². The van der Waals surface area contributed by atoms with Crippen molar-refractivity contribution in [2.45, 2.75) is 4.90 Å². The fourth-order valence-electron chi connectivity index (χ4n) is 0.783. The highest BCUT2D eigenvalue weighted by Crippen LogP contribution is 2.13. The number of benzene rings is 1. The van der Waals surface area contributed by atoms with Crippen LogP contribution in [0.1, 0.15) is 0 Å². The molecule has 0 aliphatic rings. The first-order valence-electron chi connectivity index (χ1n) is 3.38. The SMILES string of the molecule is COc1ccc(S(=O)OC)cc1. The van der Waals surface area contributed by atoms with Gasteiger partial charge in [-0.05, 0) is 24.3 Å². The second-order valence-electron chi connectivity index (χ2n) is 2.08. The largest absolute Gasteiger partial charge is 0.497 e. The molecule has 0 fully saturated rings. The Morgan fingerprint density at radius 1 is 1.17 bits per heavy atom. The van der Waals surface area contributed by atoms with Gasteiger partial charge >= 0.3 is 0 Å². The van der Waals surface area contributed by atoms with Gasteiger partial charge in [-0.15, -0.1) is 0 Å². The Balaban J connectivity index is 2.84. The Morgan fingerprint density at radius 3 is 2.17 bits per heavy atom. The summed E-state index contributed by atoms with van der Waals surface area (Å²) in [5, 5.41) is 0. The lowest BCUT2D eigenvalue weighted by molar-refractivity contribution is 0.414. The Bertz CT molecular complexity index is 268. The van der Waals surface area contributed by atoms with Crippen LogP contribution in [0.25, 0.3) is 0 Å². The summed E-state index contributed by atoms with van der Waals surface area (Å²) in [6.07, 6.45) is 0. The molecule has 1 rings (SSSR count). The summed E-state index contributed by atoms with van der Waals surface area (Å²) in [5.74, 6) is 0.742. The lowest BCUT2D eigenvalue weighted by Crippen LogP contribution is -1.92. The van der Waals surface area contributed by atoms with Crippen LogP contribution in [0.3, 0.4) is 0 Å². The van der Waals surface area contributed by atoms with Crippen molar-refractivity contribution in [3.05, 3.63) is 24.3 Å². The zero-order valence-electron chi connectivity index (χ0n) is 6.94. The topological polar surface area (TPSA) is 35.5 Å². The molecule has 1 aromatic carbocycles. The van der Waals surface area contributed by atoms with Crippen molar-refractivity contribution in [2.75, 3.05) is 14.2 Å². The minimum atomic E-state index is -1.36. The number of ether oxygens (including phenoxy) is 1. The van der Waals surface area contributed by atoms with Gasteiger partial charge in [-0.3, -0.25) is 4.18 Å². The zero-order valence-corrected chi connectivity index (χ0v) is 7.76. The number of rotatable bonds is 3. The molecule has 3 nitrogen and oxygen atoms in total. The Morgan fingerprint density at radius 2 is 1.75 bits per heavy atom. The molecule has 0 saturated heterocycles. The van der Waals surface area contributed by atoms with Crippen molar-refractivity contribution in [1.29, 1.82) is 0 Å². The van der Waals surface area contributed by atoms with E-state index >= 15 is 0 Å². The standard InChI is InChI=1S/C8H10O3S/c1-10-7-3-5-8(6-4-7)12(9)11-2/h3-6H,1-2H3. The second-order valence-corrected chi connectivity index (χ2v) is 3.35. The van der Waals surface area contributed by atoms with Crippen LogP contribution in [0.15, 0.2) is 29.2 Å². The van der Waals surface area contributed by atoms with Crippen molar-refractivity contribution < 1.29 is 13.1 Å². The van der Waals surface area contributed by atoms with Crippen LogP contribution in [0, 0.1) is 0 Å². The van der Waals surface area contributed by atoms with Gasteiger partial charge in [0.05, 0.1) is 19.1 Å². The molecule has 0 bridgehead atoms. The Hall–Kier alpha value is -0.870. The van der Waals surface area contributed by atoms with Crippen LogP contribution in [-0.4, -0.2) is 18.4 Å². The van der Waals surface area contributed by atoms with Crippen LogP contribution < -0.4 is 4.74 Å². The molecule has 1 aromatic rings. The van der Waals surface area contributed by atoms with Crippen molar-refractivity contribution >= 4 is 11.1 Å². The molecule has 0 saturated carbocycles. The summed E-state index contributed by atoms with van der Waals surface area (Å²) in [5.41, 5.74) is 0. The fraction of sp³-hybridized carbons (Fsp3) is 0.250. The molecule has 0 radical (unpaired) electrons. The van der Waals surface area contributed by atoms with Crippen LogP contribution in [-0.2, 0) is 15.3 Å². The molecule has 0 amide bonds. The van der Waals surface area contributed by atoms with Gasteiger partial charge in [0.2, 0.25) is 0 Å². The van der Waals surface area contributed by atoms with Gasteiger partial charge in [0.25, 0.3) is 0 Å². The zero-order chi connectivity index (χ0) is 8.97. The summed E-state index contributed by atoms with van der Waals surface area (Å²) >= 11 is -1.36. The second kappa shape index (κ2) is 4.23. The Labute approximate surface area is 74.0 Å². The third-order valence-electron chi connectivity index (χ3n) is 1.40. The molecule has 1 atom stereocenters. The van der Waals surface area contributed by atoms with Gasteiger partial charge in [-0.1, -0.05) is 0 Å². The molecule has 0 N–H and O–H groups in total. The first-order valence-corrected chi connectivity index (χ1v) is 4.45. The molecular weight excluding hydrogens is 176 g/mol. The van der Waals surface area contributed by atoms with E-state index in [-0.39, 0.29) is 0 Å². The third kappa shape index (κ3) is 2.06. The van der Waals surface area contributed by atoms with Gasteiger partial charge in [0, 0.05) is 0 Å². The first-order chi connectivity index (χ1) is 5.77. The molecule has 0 heterocycles. The summed E-state index contributed by atoms with van der Waals surface area (Å²) in [6, 6.07) is 6.90. The summed E-state index contributed by atoms with van der Waals surface area (Å²) < 4.78 is 20.6. The maximum Gasteiger partial charge on any atom is 0.188 e. The molecular formula is C8H10O3S. The molecule has 12 heavy (non-hydrogen) atoms. The highest BCUT2D eigenvalue weighted by atomic mass is 32.2. The summed E-state index contributed by atoms with van der Waals surface area (Å²) in [7, 11) is 2.99. The predicted molar refractivity (Wildman–Crippen MR) is 46.4 cm³/mol. The van der Waals surface area contributed by atoms with Gasteiger partial charge in [-0.2, -0.15) is 0 Å².